The molecule has 0 fully saturated rings. The predicted molar refractivity (Wildman–Crippen MR) is 125 cm³/mol. The molecular formula is C24H20N4O2S. The number of amides is 1. The second-order valence-corrected chi connectivity index (χ2v) is 8.03. The summed E-state index contributed by atoms with van der Waals surface area (Å²) in [5.41, 5.74) is 3.99. The number of ether oxygens (including phenoxy) is 1. The maximum absolute atomic E-state index is 12.9. The summed E-state index contributed by atoms with van der Waals surface area (Å²) in [4.78, 5) is 19.6. The van der Waals surface area contributed by atoms with Gasteiger partial charge in [-0.15, -0.1) is 11.3 Å². The standard InChI is InChI=1S/C24H20N4O2S/c1-25-24-28(26-22-19-6-4-5-7-20(19)27(2)23(22)29)21(14-31-24)17-9-8-16-13-18(30-3)11-10-15(16)12-17/h4-14H,1-3H3. The lowest BCUT2D eigenvalue weighted by Gasteiger charge is -2.08. The summed E-state index contributed by atoms with van der Waals surface area (Å²) in [7, 11) is 5.17. The lowest BCUT2D eigenvalue weighted by molar-refractivity contribution is -0.112. The van der Waals surface area contributed by atoms with Crippen LogP contribution in [0.15, 0.2) is 76.1 Å². The number of anilines is 1. The molecule has 0 N–H and O–H groups in total. The molecule has 0 aliphatic carbocycles. The highest BCUT2D eigenvalue weighted by Gasteiger charge is 2.31. The Bertz CT molecular complexity index is 1430. The monoisotopic (exact) mass is 428 g/mol. The number of aromatic nitrogens is 1. The van der Waals surface area contributed by atoms with Crippen molar-refractivity contribution in [2.45, 2.75) is 0 Å². The molecule has 0 saturated carbocycles. The minimum Gasteiger partial charge on any atom is -0.497 e. The van der Waals surface area contributed by atoms with E-state index in [9.17, 15) is 4.79 Å². The van der Waals surface area contributed by atoms with E-state index in [0.29, 0.717) is 5.71 Å². The minimum atomic E-state index is -0.126. The van der Waals surface area contributed by atoms with E-state index >= 15 is 0 Å². The number of thiazole rings is 1. The second kappa shape index (κ2) is 7.52. The molecular weight excluding hydrogens is 408 g/mol. The molecule has 5 rings (SSSR count). The van der Waals surface area contributed by atoms with Crippen LogP contribution in [0.1, 0.15) is 5.56 Å². The molecule has 0 saturated heterocycles. The van der Waals surface area contributed by atoms with E-state index in [1.807, 2.05) is 47.8 Å². The molecule has 7 heteroatoms. The Labute approximate surface area is 183 Å². The molecule has 31 heavy (non-hydrogen) atoms. The molecule has 1 aliphatic rings. The molecule has 0 spiro atoms. The Morgan fingerprint density at radius 3 is 2.58 bits per heavy atom. The first-order valence-electron chi connectivity index (χ1n) is 9.78. The highest BCUT2D eigenvalue weighted by atomic mass is 32.1. The Morgan fingerprint density at radius 1 is 1.00 bits per heavy atom. The topological polar surface area (TPSA) is 59.2 Å². The highest BCUT2D eigenvalue weighted by Crippen LogP contribution is 2.30. The van der Waals surface area contributed by atoms with Crippen LogP contribution in [-0.4, -0.2) is 37.5 Å². The van der Waals surface area contributed by atoms with E-state index in [1.165, 1.54) is 11.3 Å². The molecule has 3 aromatic carbocycles. The first-order valence-corrected chi connectivity index (χ1v) is 10.7. The van der Waals surface area contributed by atoms with Gasteiger partial charge in [0.1, 0.15) is 5.75 Å². The van der Waals surface area contributed by atoms with Crippen LogP contribution in [0.4, 0.5) is 5.69 Å². The fourth-order valence-corrected chi connectivity index (χ4v) is 4.60. The number of carbonyl (C=O) groups is 1. The van der Waals surface area contributed by atoms with E-state index in [4.69, 9.17) is 9.84 Å². The zero-order chi connectivity index (χ0) is 21.5. The summed E-state index contributed by atoms with van der Waals surface area (Å²) in [6.45, 7) is 0. The Morgan fingerprint density at radius 2 is 1.77 bits per heavy atom. The van der Waals surface area contributed by atoms with Gasteiger partial charge in [-0.25, -0.2) is 4.68 Å². The zero-order valence-corrected chi connectivity index (χ0v) is 18.2. The van der Waals surface area contributed by atoms with Gasteiger partial charge in [-0.1, -0.05) is 36.4 Å². The number of hydrogen-bond donors (Lipinski definition) is 0. The van der Waals surface area contributed by atoms with Crippen molar-refractivity contribution >= 4 is 39.4 Å². The minimum absolute atomic E-state index is 0.126. The average Bonchev–Trinajstić information content (AvgIpc) is 3.33. The van der Waals surface area contributed by atoms with Gasteiger partial charge in [-0.3, -0.25) is 9.79 Å². The van der Waals surface area contributed by atoms with Gasteiger partial charge in [0.2, 0.25) is 4.80 Å². The number of benzene rings is 3. The van der Waals surface area contributed by atoms with Gasteiger partial charge >= 0.3 is 0 Å². The molecule has 1 amide bonds. The van der Waals surface area contributed by atoms with Crippen LogP contribution in [0.2, 0.25) is 0 Å². The Balaban J connectivity index is 1.68. The molecule has 0 bridgehead atoms. The molecule has 0 unspecified atom stereocenters. The quantitative estimate of drug-likeness (QED) is 0.492. The number of carbonyl (C=O) groups excluding carboxylic acids is 1. The van der Waals surface area contributed by atoms with E-state index in [-0.39, 0.29) is 5.91 Å². The number of para-hydroxylation sites is 1. The van der Waals surface area contributed by atoms with Crippen molar-refractivity contribution in [2.24, 2.45) is 10.1 Å². The zero-order valence-electron chi connectivity index (χ0n) is 17.4. The van der Waals surface area contributed by atoms with Gasteiger partial charge in [0.15, 0.2) is 5.71 Å². The molecule has 0 radical (unpaired) electrons. The van der Waals surface area contributed by atoms with Crippen molar-refractivity contribution in [3.8, 4) is 17.0 Å². The molecule has 2 heterocycles. The second-order valence-electron chi connectivity index (χ2n) is 7.20. The van der Waals surface area contributed by atoms with Gasteiger partial charge in [-0.2, -0.15) is 5.10 Å². The SMILES string of the molecule is CN=c1scc(-c2ccc3cc(OC)ccc3c2)n1N=C1C(=O)N(C)c2ccccc21. The van der Waals surface area contributed by atoms with Crippen LogP contribution in [0, 0.1) is 0 Å². The molecule has 154 valence electrons. The lowest BCUT2D eigenvalue weighted by atomic mass is 10.1. The number of fused-ring (bicyclic) bond motifs is 2. The summed E-state index contributed by atoms with van der Waals surface area (Å²) in [6, 6.07) is 19.9. The lowest BCUT2D eigenvalue weighted by Crippen LogP contribution is -2.27. The van der Waals surface area contributed by atoms with E-state index in [2.05, 4.69) is 23.2 Å². The normalized spacial score (nSPS) is 15.2. The van der Waals surface area contributed by atoms with E-state index in [0.717, 1.165) is 43.8 Å². The fraction of sp³-hybridized carbons (Fsp3) is 0.125. The highest BCUT2D eigenvalue weighted by molar-refractivity contribution is 7.07. The number of methoxy groups -OCH3 is 1. The third-order valence-electron chi connectivity index (χ3n) is 5.45. The first-order chi connectivity index (χ1) is 15.1. The van der Waals surface area contributed by atoms with Crippen molar-refractivity contribution in [1.82, 2.24) is 4.68 Å². The third-order valence-corrected chi connectivity index (χ3v) is 6.35. The Kier molecular flexibility index (Phi) is 4.67. The summed E-state index contributed by atoms with van der Waals surface area (Å²) >= 11 is 1.49. The third kappa shape index (κ3) is 3.14. The van der Waals surface area contributed by atoms with Crippen LogP contribution < -0.4 is 14.4 Å². The number of hydrogen-bond acceptors (Lipinski definition) is 5. The Hall–Kier alpha value is -3.71. The van der Waals surface area contributed by atoms with Crippen molar-refractivity contribution in [3.05, 3.63) is 76.4 Å². The van der Waals surface area contributed by atoms with Crippen molar-refractivity contribution in [2.75, 3.05) is 26.1 Å². The van der Waals surface area contributed by atoms with Gasteiger partial charge < -0.3 is 9.64 Å². The maximum Gasteiger partial charge on any atom is 0.279 e. The van der Waals surface area contributed by atoms with Crippen LogP contribution >= 0.6 is 11.3 Å². The van der Waals surface area contributed by atoms with Gasteiger partial charge in [-0.05, 0) is 35.0 Å². The van der Waals surface area contributed by atoms with Crippen LogP contribution in [0.3, 0.4) is 0 Å². The molecule has 1 aromatic heterocycles. The summed E-state index contributed by atoms with van der Waals surface area (Å²) in [6.07, 6.45) is 0. The van der Waals surface area contributed by atoms with Gasteiger partial charge in [0, 0.05) is 30.6 Å². The van der Waals surface area contributed by atoms with Crippen LogP contribution in [-0.2, 0) is 4.79 Å². The van der Waals surface area contributed by atoms with Crippen LogP contribution in [0.5, 0.6) is 5.75 Å². The summed E-state index contributed by atoms with van der Waals surface area (Å²) in [5.74, 6) is 0.699. The number of nitrogens with zero attached hydrogens (tertiary/aromatic N) is 4. The fourth-order valence-electron chi connectivity index (χ4n) is 3.80. The molecule has 4 aromatic rings. The summed E-state index contributed by atoms with van der Waals surface area (Å²) < 4.78 is 7.09. The molecule has 6 nitrogen and oxygen atoms in total. The number of likely N-dealkylation sites (N-methyl/N-ethyl adjacent to an activating group) is 1. The van der Waals surface area contributed by atoms with Crippen molar-refractivity contribution in [1.29, 1.82) is 0 Å². The first kappa shape index (κ1) is 19.3. The van der Waals surface area contributed by atoms with Gasteiger partial charge in [0.05, 0.1) is 18.5 Å². The van der Waals surface area contributed by atoms with Crippen molar-refractivity contribution < 1.29 is 9.53 Å². The smallest absolute Gasteiger partial charge is 0.279 e. The van der Waals surface area contributed by atoms with E-state index < -0.39 is 0 Å². The molecule has 1 aliphatic heterocycles. The van der Waals surface area contributed by atoms with Gasteiger partial charge in [0.25, 0.3) is 5.91 Å². The number of rotatable bonds is 3. The average molecular weight is 429 g/mol. The predicted octanol–water partition coefficient (Wildman–Crippen LogP) is 4.14. The van der Waals surface area contributed by atoms with Crippen LogP contribution in [0.25, 0.3) is 22.0 Å². The van der Waals surface area contributed by atoms with E-state index in [1.54, 1.807) is 30.8 Å². The summed E-state index contributed by atoms with van der Waals surface area (Å²) in [5, 5.41) is 9.00. The van der Waals surface area contributed by atoms with Crippen molar-refractivity contribution in [3.63, 3.8) is 0 Å². The maximum atomic E-state index is 12.9. The largest absolute Gasteiger partial charge is 0.497 e. The molecule has 0 atom stereocenters.